The normalized spacial score (nSPS) is 29.3. The first-order valence-corrected chi connectivity index (χ1v) is 15.7. The maximum atomic E-state index is 14.3. The van der Waals surface area contributed by atoms with Gasteiger partial charge in [0.25, 0.3) is 0 Å². The van der Waals surface area contributed by atoms with Gasteiger partial charge in [0.05, 0.1) is 35.8 Å². The molecule has 2 aromatic carbocycles. The first kappa shape index (κ1) is 29.0. The van der Waals surface area contributed by atoms with Crippen molar-refractivity contribution in [1.29, 1.82) is 0 Å². The molecule has 0 aromatic heterocycles. The number of amides is 2. The molecule has 3 unspecified atom stereocenters. The van der Waals surface area contributed by atoms with Crippen LogP contribution in [-0.4, -0.2) is 75.0 Å². The third kappa shape index (κ3) is 4.71. The highest BCUT2D eigenvalue weighted by molar-refractivity contribution is 9.09. The Morgan fingerprint density at radius 3 is 2.42 bits per heavy atom. The fourth-order valence-electron chi connectivity index (χ4n) is 6.80. The number of ether oxygens (including phenoxy) is 1. The zero-order chi connectivity index (χ0) is 28.6. The van der Waals surface area contributed by atoms with Crippen molar-refractivity contribution < 1.29 is 24.2 Å². The van der Waals surface area contributed by atoms with E-state index in [1.807, 2.05) is 54.6 Å². The SMILES string of the molecule is CCOC(=O)[C@H]1[C@@H]2SC3(CC2Br)C(C(=O)Nc2ccc(N(CC)CC)cc2)N([C@H](CO)c2ccccc2)C(=O)[C@H]13. The Morgan fingerprint density at radius 1 is 1.15 bits per heavy atom. The van der Waals surface area contributed by atoms with Crippen molar-refractivity contribution >= 4 is 56.9 Å². The number of thioether (sulfide) groups is 1. The number of hydrogen-bond acceptors (Lipinski definition) is 7. The number of anilines is 2. The number of esters is 1. The molecule has 214 valence electrons. The number of carbonyl (C=O) groups excluding carboxylic acids is 3. The third-order valence-corrected chi connectivity index (χ3v) is 11.7. The number of hydrogen-bond donors (Lipinski definition) is 2. The van der Waals surface area contributed by atoms with Crippen LogP contribution in [0.1, 0.15) is 38.8 Å². The van der Waals surface area contributed by atoms with Gasteiger partial charge in [-0.05, 0) is 57.0 Å². The van der Waals surface area contributed by atoms with Crippen LogP contribution in [0.5, 0.6) is 0 Å². The van der Waals surface area contributed by atoms with Gasteiger partial charge in [-0.1, -0.05) is 46.3 Å². The Kier molecular flexibility index (Phi) is 8.50. The van der Waals surface area contributed by atoms with E-state index in [-0.39, 0.29) is 35.1 Å². The number of halogens is 1. The topological polar surface area (TPSA) is 99.2 Å². The van der Waals surface area contributed by atoms with Gasteiger partial charge in [0.15, 0.2) is 0 Å². The van der Waals surface area contributed by atoms with Crippen LogP contribution in [0.3, 0.4) is 0 Å². The monoisotopic (exact) mass is 629 g/mol. The first-order valence-electron chi connectivity index (χ1n) is 13.9. The highest BCUT2D eigenvalue weighted by atomic mass is 79.9. The van der Waals surface area contributed by atoms with Crippen LogP contribution in [0.15, 0.2) is 54.6 Å². The largest absolute Gasteiger partial charge is 0.466 e. The Balaban J connectivity index is 1.54. The second kappa shape index (κ2) is 11.7. The van der Waals surface area contributed by atoms with Crippen LogP contribution in [0.25, 0.3) is 0 Å². The maximum absolute atomic E-state index is 14.3. The molecule has 3 aliphatic rings. The summed E-state index contributed by atoms with van der Waals surface area (Å²) in [7, 11) is 0. The lowest BCUT2D eigenvalue weighted by atomic mass is 9.71. The molecule has 10 heteroatoms. The molecule has 8 nitrogen and oxygen atoms in total. The van der Waals surface area contributed by atoms with Gasteiger partial charge in [-0.25, -0.2) is 0 Å². The number of fused-ring (bicyclic) bond motifs is 1. The number of aliphatic hydroxyl groups is 1. The van der Waals surface area contributed by atoms with E-state index in [0.29, 0.717) is 12.1 Å². The lowest BCUT2D eigenvalue weighted by Crippen LogP contribution is -2.53. The predicted octanol–water partition coefficient (Wildman–Crippen LogP) is 4.23. The standard InChI is InChI=1S/C30H36BrN3O5S/c1-4-33(5-2)20-14-12-19(13-15-20)32-27(36)26-30-16-21(31)25(40-30)23(29(38)39-6-3)24(30)28(37)34(26)22(17-35)18-10-8-7-9-11-18/h7-15,21-26,35H,4-6,16-17H2,1-3H3,(H,32,36)/t21?,22-,23-,24+,25-,26?,30?/m1/s1. The van der Waals surface area contributed by atoms with Crippen LogP contribution < -0.4 is 10.2 Å². The van der Waals surface area contributed by atoms with E-state index in [9.17, 15) is 19.5 Å². The summed E-state index contributed by atoms with van der Waals surface area (Å²) in [5, 5.41) is 13.5. The molecule has 1 spiro atoms. The molecule has 40 heavy (non-hydrogen) atoms. The molecule has 2 N–H and O–H groups in total. The van der Waals surface area contributed by atoms with E-state index in [1.165, 1.54) is 0 Å². The van der Waals surface area contributed by atoms with E-state index < -0.39 is 34.6 Å². The summed E-state index contributed by atoms with van der Waals surface area (Å²) in [6.07, 6.45) is 0.553. The van der Waals surface area contributed by atoms with Crippen molar-refractivity contribution in [1.82, 2.24) is 4.90 Å². The summed E-state index contributed by atoms with van der Waals surface area (Å²) < 4.78 is 4.60. The zero-order valence-corrected chi connectivity index (χ0v) is 25.4. The summed E-state index contributed by atoms with van der Waals surface area (Å²) in [5.74, 6) is -2.39. The minimum Gasteiger partial charge on any atom is -0.466 e. The Labute approximate surface area is 247 Å². The number of nitrogens with zero attached hydrogens (tertiary/aromatic N) is 2. The van der Waals surface area contributed by atoms with E-state index in [2.05, 4.69) is 40.0 Å². The summed E-state index contributed by atoms with van der Waals surface area (Å²) in [6, 6.07) is 15.3. The third-order valence-electron chi connectivity index (χ3n) is 8.49. The molecule has 0 radical (unpaired) electrons. The lowest BCUT2D eigenvalue weighted by Gasteiger charge is -2.37. The zero-order valence-electron chi connectivity index (χ0n) is 23.0. The van der Waals surface area contributed by atoms with Gasteiger partial charge < -0.3 is 25.0 Å². The lowest BCUT2D eigenvalue weighted by molar-refractivity contribution is -0.154. The predicted molar refractivity (Wildman–Crippen MR) is 161 cm³/mol. The number of likely N-dealkylation sites (tertiary alicyclic amines) is 1. The van der Waals surface area contributed by atoms with Crippen LogP contribution >= 0.6 is 27.7 Å². The van der Waals surface area contributed by atoms with Gasteiger partial charge in [-0.15, -0.1) is 11.8 Å². The van der Waals surface area contributed by atoms with Crippen molar-refractivity contribution in [2.45, 2.75) is 54.1 Å². The molecule has 3 heterocycles. The van der Waals surface area contributed by atoms with Crippen LogP contribution in [0, 0.1) is 11.8 Å². The Hall–Kier alpha value is -2.56. The van der Waals surface area contributed by atoms with Crippen molar-refractivity contribution in [2.75, 3.05) is 36.5 Å². The van der Waals surface area contributed by atoms with Gasteiger partial charge in [-0.2, -0.15) is 0 Å². The molecule has 7 atom stereocenters. The van der Waals surface area contributed by atoms with Crippen LogP contribution in [0.4, 0.5) is 11.4 Å². The number of alkyl halides is 1. The number of rotatable bonds is 10. The molecule has 2 amide bonds. The highest BCUT2D eigenvalue weighted by Gasteiger charge is 2.76. The summed E-state index contributed by atoms with van der Waals surface area (Å²) >= 11 is 5.31. The van der Waals surface area contributed by atoms with E-state index in [1.54, 1.807) is 23.6 Å². The van der Waals surface area contributed by atoms with Gasteiger partial charge in [0.1, 0.15) is 6.04 Å². The van der Waals surface area contributed by atoms with E-state index in [0.717, 1.165) is 24.3 Å². The number of aliphatic hydroxyl groups excluding tert-OH is 1. The van der Waals surface area contributed by atoms with Gasteiger partial charge in [0, 0.05) is 34.5 Å². The van der Waals surface area contributed by atoms with Crippen LogP contribution in [0.2, 0.25) is 0 Å². The van der Waals surface area contributed by atoms with Gasteiger partial charge >= 0.3 is 5.97 Å². The quantitative estimate of drug-likeness (QED) is 0.300. The second-order valence-corrected chi connectivity index (χ2v) is 13.2. The summed E-state index contributed by atoms with van der Waals surface area (Å²) in [5.41, 5.74) is 2.43. The molecule has 0 aliphatic carbocycles. The molecular weight excluding hydrogens is 594 g/mol. The molecule has 5 rings (SSSR count). The molecule has 2 aromatic rings. The molecule has 3 fully saturated rings. The first-order chi connectivity index (χ1) is 19.3. The minimum absolute atomic E-state index is 0.0520. The summed E-state index contributed by atoms with van der Waals surface area (Å²) in [4.78, 5) is 45.5. The average molecular weight is 631 g/mol. The molecule has 3 aliphatic heterocycles. The molecule has 0 saturated carbocycles. The fourth-order valence-corrected chi connectivity index (χ4v) is 10.4. The van der Waals surface area contributed by atoms with Crippen molar-refractivity contribution in [3.05, 3.63) is 60.2 Å². The van der Waals surface area contributed by atoms with Crippen LogP contribution in [-0.2, 0) is 19.1 Å². The molecule has 3 saturated heterocycles. The number of benzene rings is 2. The average Bonchev–Trinajstić information content (AvgIpc) is 3.55. The fraction of sp³-hybridized carbons (Fsp3) is 0.500. The van der Waals surface area contributed by atoms with Crippen molar-refractivity contribution in [3.8, 4) is 0 Å². The van der Waals surface area contributed by atoms with Crippen molar-refractivity contribution in [2.24, 2.45) is 11.8 Å². The second-order valence-electron chi connectivity index (χ2n) is 10.5. The highest BCUT2D eigenvalue weighted by Crippen LogP contribution is 2.68. The molecule has 2 bridgehead atoms. The van der Waals surface area contributed by atoms with Gasteiger partial charge in [0.2, 0.25) is 11.8 Å². The van der Waals surface area contributed by atoms with Crippen molar-refractivity contribution in [3.63, 3.8) is 0 Å². The Bertz CT molecular complexity index is 1240. The number of nitrogens with one attached hydrogen (secondary N) is 1. The summed E-state index contributed by atoms with van der Waals surface area (Å²) in [6.45, 7) is 7.56. The van der Waals surface area contributed by atoms with E-state index >= 15 is 0 Å². The van der Waals surface area contributed by atoms with E-state index in [4.69, 9.17) is 4.74 Å². The molecular formula is C30H36BrN3O5S. The van der Waals surface area contributed by atoms with Gasteiger partial charge in [-0.3, -0.25) is 14.4 Å². The maximum Gasteiger partial charge on any atom is 0.310 e. The minimum atomic E-state index is -0.890. The Morgan fingerprint density at radius 2 is 1.82 bits per heavy atom. The smallest absolute Gasteiger partial charge is 0.310 e. The number of carbonyl (C=O) groups is 3.